The number of aliphatic hydroxyl groups is 3. The van der Waals surface area contributed by atoms with Crippen LogP contribution in [0.2, 0.25) is 5.15 Å². The van der Waals surface area contributed by atoms with Crippen LogP contribution in [0.3, 0.4) is 0 Å². The summed E-state index contributed by atoms with van der Waals surface area (Å²) in [5, 5.41) is 29.6. The number of nitrogen functional groups attached to an aromatic ring is 1. The second-order valence-corrected chi connectivity index (χ2v) is 5.76. The number of fused-ring (bicyclic) bond motifs is 1. The van der Waals surface area contributed by atoms with Crippen molar-refractivity contribution in [2.75, 3.05) is 12.3 Å². The molecule has 5 atom stereocenters. The molecule has 0 amide bonds. The molecule has 2 aromatic rings. The summed E-state index contributed by atoms with van der Waals surface area (Å²) in [4.78, 5) is 7.83. The molecule has 1 fully saturated rings. The second kappa shape index (κ2) is 6.17. The smallest absolute Gasteiger partial charge is 0.223 e. The van der Waals surface area contributed by atoms with Crippen LogP contribution < -0.4 is 5.73 Å². The highest BCUT2D eigenvalue weighted by Crippen LogP contribution is 2.33. The number of aliphatic hydroxyl groups excluding tert-OH is 3. The van der Waals surface area contributed by atoms with Gasteiger partial charge in [-0.1, -0.05) is 11.6 Å². The van der Waals surface area contributed by atoms with E-state index < -0.39 is 37.3 Å². The van der Waals surface area contributed by atoms with Crippen molar-refractivity contribution < 1.29 is 24.4 Å². The van der Waals surface area contributed by atoms with Crippen LogP contribution in [-0.2, 0) is 4.74 Å². The summed E-state index contributed by atoms with van der Waals surface area (Å²) in [6, 6.07) is 1.56. The summed E-state index contributed by atoms with van der Waals surface area (Å²) < 4.78 is 21.4. The molecule has 0 saturated carbocycles. The zero-order valence-electron chi connectivity index (χ0n) is 11.9. The van der Waals surface area contributed by atoms with Gasteiger partial charge in [0.15, 0.2) is 12.4 Å². The van der Waals surface area contributed by atoms with Crippen LogP contribution in [0.4, 0.5) is 10.3 Å². The van der Waals surface area contributed by atoms with Crippen LogP contribution >= 0.6 is 11.6 Å². The van der Waals surface area contributed by atoms with Crippen molar-refractivity contribution in [2.24, 2.45) is 0 Å². The third-order valence-corrected chi connectivity index (χ3v) is 4.14. The van der Waals surface area contributed by atoms with E-state index >= 15 is 0 Å². The van der Waals surface area contributed by atoms with Crippen molar-refractivity contribution in [3.05, 3.63) is 17.4 Å². The fourth-order valence-electron chi connectivity index (χ4n) is 2.67. The molecule has 0 unspecified atom stereocenters. The average molecular weight is 347 g/mol. The molecule has 5 N–H and O–H groups in total. The van der Waals surface area contributed by atoms with Crippen molar-refractivity contribution in [3.8, 4) is 0 Å². The van der Waals surface area contributed by atoms with Gasteiger partial charge in [0.1, 0.15) is 16.9 Å². The number of hydrogen-bond acceptors (Lipinski definition) is 7. The van der Waals surface area contributed by atoms with Crippen LogP contribution in [-0.4, -0.2) is 60.9 Å². The third kappa shape index (κ3) is 2.86. The Morgan fingerprint density at radius 3 is 2.87 bits per heavy atom. The van der Waals surface area contributed by atoms with Gasteiger partial charge in [0.25, 0.3) is 0 Å². The van der Waals surface area contributed by atoms with Gasteiger partial charge >= 0.3 is 0 Å². The molecule has 1 saturated heterocycles. The van der Waals surface area contributed by atoms with Gasteiger partial charge in [-0.3, -0.25) is 0 Å². The van der Waals surface area contributed by atoms with E-state index in [1.165, 1.54) is 10.8 Å². The molecule has 2 aromatic heterocycles. The molecule has 0 radical (unpaired) electrons. The maximum Gasteiger partial charge on any atom is 0.223 e. The first-order valence-corrected chi connectivity index (χ1v) is 7.36. The first kappa shape index (κ1) is 16.3. The Labute approximate surface area is 135 Å². The van der Waals surface area contributed by atoms with E-state index in [1.54, 1.807) is 6.07 Å². The molecule has 23 heavy (non-hydrogen) atoms. The van der Waals surface area contributed by atoms with Crippen LogP contribution in [0.1, 0.15) is 12.6 Å². The first-order valence-electron chi connectivity index (χ1n) is 6.98. The predicted molar refractivity (Wildman–Crippen MR) is 79.5 cm³/mol. The molecule has 1 aliphatic heterocycles. The Bertz CT molecular complexity index is 715. The topological polar surface area (TPSA) is 127 Å². The molecule has 0 aromatic carbocycles. The average Bonchev–Trinajstić information content (AvgIpc) is 2.89. The molecule has 0 spiro atoms. The van der Waals surface area contributed by atoms with E-state index in [9.17, 15) is 19.7 Å². The van der Waals surface area contributed by atoms with Crippen molar-refractivity contribution in [1.29, 1.82) is 0 Å². The number of aromatic nitrogens is 3. The Morgan fingerprint density at radius 2 is 2.17 bits per heavy atom. The highest BCUT2D eigenvalue weighted by atomic mass is 35.5. The summed E-state index contributed by atoms with van der Waals surface area (Å²) >= 11 is 5.98. The fraction of sp³-hybridized carbons (Fsp3) is 0.538. The molecule has 126 valence electrons. The van der Waals surface area contributed by atoms with Crippen LogP contribution in [0, 0.1) is 0 Å². The summed E-state index contributed by atoms with van der Waals surface area (Å²) in [5.41, 5.74) is 5.80. The lowest BCUT2D eigenvalue weighted by Crippen LogP contribution is -2.38. The monoisotopic (exact) mass is 346 g/mol. The lowest BCUT2D eigenvalue weighted by molar-refractivity contribution is -0.113. The highest BCUT2D eigenvalue weighted by Gasteiger charge is 2.41. The minimum atomic E-state index is -1.94. The zero-order chi connectivity index (χ0) is 16.7. The number of nitrogens with zero attached hydrogens (tertiary/aromatic N) is 3. The van der Waals surface area contributed by atoms with Gasteiger partial charge in [0, 0.05) is 12.6 Å². The molecule has 0 aliphatic carbocycles. The van der Waals surface area contributed by atoms with E-state index in [1.807, 2.05) is 0 Å². The van der Waals surface area contributed by atoms with Crippen LogP contribution in [0.25, 0.3) is 11.0 Å². The van der Waals surface area contributed by atoms with E-state index in [0.717, 1.165) is 0 Å². The zero-order valence-corrected chi connectivity index (χ0v) is 12.6. The lowest BCUT2D eigenvalue weighted by Gasteiger charge is -2.25. The molecule has 8 nitrogen and oxygen atoms in total. The van der Waals surface area contributed by atoms with Gasteiger partial charge in [0.2, 0.25) is 5.95 Å². The Morgan fingerprint density at radius 1 is 1.43 bits per heavy atom. The van der Waals surface area contributed by atoms with Crippen LogP contribution in [0.15, 0.2) is 12.3 Å². The fourth-order valence-corrected chi connectivity index (χ4v) is 2.91. The lowest BCUT2D eigenvalue weighted by atomic mass is 10.0. The number of hydrogen-bond donors (Lipinski definition) is 4. The van der Waals surface area contributed by atoms with E-state index in [-0.39, 0.29) is 23.2 Å². The summed E-state index contributed by atoms with van der Waals surface area (Å²) in [6.45, 7) is -0.427. The molecule has 1 aliphatic rings. The molecule has 0 bridgehead atoms. The number of nitrogens with two attached hydrogens (primary N) is 1. The van der Waals surface area contributed by atoms with E-state index in [2.05, 4.69) is 9.97 Å². The van der Waals surface area contributed by atoms with Gasteiger partial charge in [-0.05, 0) is 6.07 Å². The summed E-state index contributed by atoms with van der Waals surface area (Å²) in [7, 11) is 0. The third-order valence-electron chi connectivity index (χ3n) is 3.85. The summed E-state index contributed by atoms with van der Waals surface area (Å²) in [6.07, 6.45) is -5.71. The number of anilines is 1. The number of ether oxygens (including phenoxy) is 1. The van der Waals surface area contributed by atoms with Gasteiger partial charge in [-0.15, -0.1) is 0 Å². The largest absolute Gasteiger partial charge is 0.394 e. The standard InChI is InChI=1S/C13H16ClFN4O4/c14-10-6-1-2-19(11(6)18-13(16)17-10)12-8(15)9(22)7(21)3-5(4-20)23-12/h1-2,5,7-9,12,20-22H,3-4H2,(H2,16,17,18)/t5-,7+,8-,9+,12+/m0/s1. The number of alkyl halides is 1. The maximum atomic E-state index is 14.6. The molecule has 3 heterocycles. The Balaban J connectivity index is 2.08. The van der Waals surface area contributed by atoms with E-state index in [0.29, 0.717) is 5.39 Å². The number of rotatable bonds is 2. The van der Waals surface area contributed by atoms with E-state index in [4.69, 9.17) is 22.1 Å². The van der Waals surface area contributed by atoms with Crippen LogP contribution in [0.5, 0.6) is 0 Å². The van der Waals surface area contributed by atoms with Gasteiger partial charge < -0.3 is 30.4 Å². The minimum Gasteiger partial charge on any atom is -0.394 e. The summed E-state index contributed by atoms with van der Waals surface area (Å²) in [5.74, 6) is -0.0919. The maximum absolute atomic E-state index is 14.6. The number of halogens is 2. The van der Waals surface area contributed by atoms with Crippen molar-refractivity contribution in [3.63, 3.8) is 0 Å². The highest BCUT2D eigenvalue weighted by molar-refractivity contribution is 6.34. The van der Waals surface area contributed by atoms with Gasteiger partial charge in [-0.2, -0.15) is 4.98 Å². The molecule has 3 rings (SSSR count). The first-order chi connectivity index (χ1) is 10.9. The predicted octanol–water partition coefficient (Wildman–Crippen LogP) is 0.00660. The van der Waals surface area contributed by atoms with Crippen molar-refractivity contribution >= 4 is 28.6 Å². The normalized spacial score (nSPS) is 32.1. The van der Waals surface area contributed by atoms with Gasteiger partial charge in [-0.25, -0.2) is 9.37 Å². The second-order valence-electron chi connectivity index (χ2n) is 5.40. The SMILES string of the molecule is Nc1nc(Cl)c2ccn([C@@H]3O[C@H](CO)C[C@@H](O)[C@@H](O)[C@@H]3F)c2n1. The minimum absolute atomic E-state index is 0.0916. The Kier molecular flexibility index (Phi) is 4.39. The van der Waals surface area contributed by atoms with Crippen molar-refractivity contribution in [1.82, 2.24) is 14.5 Å². The Hall–Kier alpha value is -1.52. The quantitative estimate of drug-likeness (QED) is 0.564. The molecule has 10 heteroatoms. The molecular weight excluding hydrogens is 331 g/mol. The van der Waals surface area contributed by atoms with Gasteiger partial charge in [0.05, 0.1) is 24.2 Å². The van der Waals surface area contributed by atoms with Crippen molar-refractivity contribution in [2.45, 2.75) is 37.1 Å². The molecular formula is C13H16ClFN4O4.